The van der Waals surface area contributed by atoms with Gasteiger partial charge >= 0.3 is 0 Å². The maximum atomic E-state index is 9.29. The normalized spacial score (nSPS) is 15.3. The molecule has 0 amide bonds. The van der Waals surface area contributed by atoms with Gasteiger partial charge in [-0.15, -0.1) is 0 Å². The van der Waals surface area contributed by atoms with Crippen molar-refractivity contribution in [2.45, 2.75) is 12.8 Å². The molecule has 0 saturated carbocycles. The third-order valence-electron chi connectivity index (χ3n) is 4.55. The molecule has 0 spiro atoms. The third kappa shape index (κ3) is 4.42. The lowest BCUT2D eigenvalue weighted by Crippen LogP contribution is -2.35. The lowest BCUT2D eigenvalue weighted by molar-refractivity contribution is 0.203. The van der Waals surface area contributed by atoms with Gasteiger partial charge in [-0.3, -0.25) is 0 Å². The zero-order valence-corrected chi connectivity index (χ0v) is 14.0. The van der Waals surface area contributed by atoms with E-state index in [1.165, 1.54) is 5.69 Å². The molecule has 0 aliphatic carbocycles. The number of para-hydroxylation sites is 3. The number of piperidine rings is 1. The molecular formula is C20H26N2O2. The van der Waals surface area contributed by atoms with Crippen LogP contribution in [0.1, 0.15) is 12.8 Å². The predicted molar refractivity (Wildman–Crippen MR) is 98.9 cm³/mol. The zero-order valence-electron chi connectivity index (χ0n) is 14.0. The largest absolute Gasteiger partial charge is 0.492 e. The van der Waals surface area contributed by atoms with Gasteiger partial charge in [0.15, 0.2) is 0 Å². The van der Waals surface area contributed by atoms with Crippen molar-refractivity contribution in [3.63, 3.8) is 0 Å². The van der Waals surface area contributed by atoms with Gasteiger partial charge in [0, 0.05) is 26.2 Å². The van der Waals surface area contributed by atoms with Crippen molar-refractivity contribution in [2.24, 2.45) is 5.92 Å². The van der Waals surface area contributed by atoms with Crippen molar-refractivity contribution in [1.82, 2.24) is 0 Å². The molecule has 4 heteroatoms. The highest BCUT2D eigenvalue weighted by molar-refractivity contribution is 5.70. The van der Waals surface area contributed by atoms with Crippen LogP contribution in [0.4, 0.5) is 11.4 Å². The molecule has 0 atom stereocenters. The second-order valence-corrected chi connectivity index (χ2v) is 6.22. The fourth-order valence-corrected chi connectivity index (χ4v) is 3.13. The molecule has 1 heterocycles. The minimum atomic E-state index is 0.310. The molecule has 1 aliphatic rings. The molecule has 0 radical (unpaired) electrons. The first-order valence-electron chi connectivity index (χ1n) is 8.73. The molecular weight excluding hydrogens is 300 g/mol. The van der Waals surface area contributed by atoms with Crippen molar-refractivity contribution in [3.8, 4) is 5.75 Å². The van der Waals surface area contributed by atoms with Gasteiger partial charge in [-0.05, 0) is 43.0 Å². The first-order chi connectivity index (χ1) is 11.9. The van der Waals surface area contributed by atoms with E-state index in [0.29, 0.717) is 19.1 Å². The van der Waals surface area contributed by atoms with Crippen LogP contribution >= 0.6 is 0 Å². The molecule has 1 aliphatic heterocycles. The standard InChI is InChI=1S/C20H26N2O2/c23-16-17-10-13-22(14-11-17)20-9-5-4-8-19(20)21-12-15-24-18-6-2-1-3-7-18/h1-9,17,21,23H,10-16H2. The Balaban J connectivity index is 1.52. The second kappa shape index (κ2) is 8.60. The summed E-state index contributed by atoms with van der Waals surface area (Å²) in [6.07, 6.45) is 2.11. The maximum absolute atomic E-state index is 9.29. The van der Waals surface area contributed by atoms with Gasteiger partial charge in [-0.2, -0.15) is 0 Å². The second-order valence-electron chi connectivity index (χ2n) is 6.22. The molecule has 1 fully saturated rings. The van der Waals surface area contributed by atoms with E-state index in [0.717, 1.165) is 43.9 Å². The first kappa shape index (κ1) is 16.7. The summed E-state index contributed by atoms with van der Waals surface area (Å²) in [6, 6.07) is 18.3. The Morgan fingerprint density at radius 1 is 1.00 bits per heavy atom. The van der Waals surface area contributed by atoms with Crippen molar-refractivity contribution in [3.05, 3.63) is 54.6 Å². The first-order valence-corrected chi connectivity index (χ1v) is 8.73. The van der Waals surface area contributed by atoms with Gasteiger partial charge < -0.3 is 20.1 Å². The van der Waals surface area contributed by atoms with Crippen LogP contribution in [0, 0.1) is 5.92 Å². The van der Waals surface area contributed by atoms with E-state index in [9.17, 15) is 5.11 Å². The number of aliphatic hydroxyl groups is 1. The number of ether oxygens (including phenoxy) is 1. The van der Waals surface area contributed by atoms with Crippen LogP contribution in [0.3, 0.4) is 0 Å². The summed E-state index contributed by atoms with van der Waals surface area (Å²) in [5.74, 6) is 1.36. The van der Waals surface area contributed by atoms with Crippen LogP contribution in [0.25, 0.3) is 0 Å². The molecule has 2 N–H and O–H groups in total. The summed E-state index contributed by atoms with van der Waals surface area (Å²) >= 11 is 0. The predicted octanol–water partition coefficient (Wildman–Crippen LogP) is 3.39. The van der Waals surface area contributed by atoms with E-state index in [2.05, 4.69) is 34.5 Å². The van der Waals surface area contributed by atoms with E-state index < -0.39 is 0 Å². The zero-order chi connectivity index (χ0) is 16.6. The smallest absolute Gasteiger partial charge is 0.119 e. The lowest BCUT2D eigenvalue weighted by atomic mass is 9.97. The highest BCUT2D eigenvalue weighted by atomic mass is 16.5. The van der Waals surface area contributed by atoms with E-state index in [-0.39, 0.29) is 0 Å². The Labute approximate surface area is 144 Å². The average Bonchev–Trinajstić information content (AvgIpc) is 2.66. The Hall–Kier alpha value is -2.20. The number of anilines is 2. The van der Waals surface area contributed by atoms with Crippen LogP contribution < -0.4 is 15.0 Å². The number of nitrogens with zero attached hydrogens (tertiary/aromatic N) is 1. The molecule has 0 aromatic heterocycles. The highest BCUT2D eigenvalue weighted by Gasteiger charge is 2.20. The Morgan fingerprint density at radius 3 is 2.46 bits per heavy atom. The summed E-state index contributed by atoms with van der Waals surface area (Å²) in [4.78, 5) is 2.41. The maximum Gasteiger partial charge on any atom is 0.119 e. The molecule has 2 aromatic rings. The number of hydrogen-bond acceptors (Lipinski definition) is 4. The highest BCUT2D eigenvalue weighted by Crippen LogP contribution is 2.29. The van der Waals surface area contributed by atoms with Crippen molar-refractivity contribution in [2.75, 3.05) is 43.1 Å². The van der Waals surface area contributed by atoms with E-state index >= 15 is 0 Å². The van der Waals surface area contributed by atoms with Gasteiger partial charge in [0.25, 0.3) is 0 Å². The summed E-state index contributed by atoms with van der Waals surface area (Å²) in [7, 11) is 0. The van der Waals surface area contributed by atoms with Gasteiger partial charge in [0.2, 0.25) is 0 Å². The SMILES string of the molecule is OCC1CCN(c2ccccc2NCCOc2ccccc2)CC1. The van der Waals surface area contributed by atoms with E-state index in [1.54, 1.807) is 0 Å². The molecule has 128 valence electrons. The minimum absolute atomic E-state index is 0.310. The van der Waals surface area contributed by atoms with E-state index in [1.807, 2.05) is 30.3 Å². The molecule has 2 aromatic carbocycles. The fourth-order valence-electron chi connectivity index (χ4n) is 3.13. The minimum Gasteiger partial charge on any atom is -0.492 e. The average molecular weight is 326 g/mol. The van der Waals surface area contributed by atoms with Gasteiger partial charge in [-0.25, -0.2) is 0 Å². The molecule has 4 nitrogen and oxygen atoms in total. The van der Waals surface area contributed by atoms with Crippen LogP contribution in [0.2, 0.25) is 0 Å². The number of benzene rings is 2. The quantitative estimate of drug-likeness (QED) is 0.766. The number of hydrogen-bond donors (Lipinski definition) is 2. The Morgan fingerprint density at radius 2 is 1.71 bits per heavy atom. The summed E-state index contributed by atoms with van der Waals surface area (Å²) in [5, 5.41) is 12.8. The van der Waals surface area contributed by atoms with E-state index in [4.69, 9.17) is 4.74 Å². The van der Waals surface area contributed by atoms with Crippen LogP contribution in [0.5, 0.6) is 5.75 Å². The Kier molecular flexibility index (Phi) is 5.96. The summed E-state index contributed by atoms with van der Waals surface area (Å²) in [6.45, 7) is 3.71. The number of rotatable bonds is 7. The molecule has 0 unspecified atom stereocenters. The van der Waals surface area contributed by atoms with Gasteiger partial charge in [-0.1, -0.05) is 30.3 Å². The number of nitrogens with one attached hydrogen (secondary N) is 1. The Bertz CT molecular complexity index is 610. The van der Waals surface area contributed by atoms with Crippen molar-refractivity contribution < 1.29 is 9.84 Å². The molecule has 3 rings (SSSR count). The summed E-state index contributed by atoms with van der Waals surface area (Å²) in [5.41, 5.74) is 2.39. The summed E-state index contributed by atoms with van der Waals surface area (Å²) < 4.78 is 5.74. The fraction of sp³-hybridized carbons (Fsp3) is 0.400. The van der Waals surface area contributed by atoms with Crippen molar-refractivity contribution >= 4 is 11.4 Å². The van der Waals surface area contributed by atoms with Crippen molar-refractivity contribution in [1.29, 1.82) is 0 Å². The van der Waals surface area contributed by atoms with Gasteiger partial charge in [0.1, 0.15) is 12.4 Å². The monoisotopic (exact) mass is 326 g/mol. The number of aliphatic hydroxyl groups excluding tert-OH is 1. The third-order valence-corrected chi connectivity index (χ3v) is 4.55. The van der Waals surface area contributed by atoms with Crippen LogP contribution in [-0.2, 0) is 0 Å². The molecule has 24 heavy (non-hydrogen) atoms. The molecule has 0 bridgehead atoms. The van der Waals surface area contributed by atoms with Gasteiger partial charge in [0.05, 0.1) is 11.4 Å². The molecule has 1 saturated heterocycles. The lowest BCUT2D eigenvalue weighted by Gasteiger charge is -2.34. The topological polar surface area (TPSA) is 44.7 Å². The van der Waals surface area contributed by atoms with Crippen LogP contribution in [-0.4, -0.2) is 38.0 Å². The van der Waals surface area contributed by atoms with Crippen LogP contribution in [0.15, 0.2) is 54.6 Å².